The topological polar surface area (TPSA) is 185 Å². The Morgan fingerprint density at radius 1 is 0.833 bits per heavy atom. The van der Waals surface area contributed by atoms with Gasteiger partial charge in [-0.05, 0) is 70.3 Å². The van der Waals surface area contributed by atoms with Gasteiger partial charge in [-0.3, -0.25) is 24.2 Å². The third kappa shape index (κ3) is 7.62. The second-order valence-corrected chi connectivity index (χ2v) is 16.9. The van der Waals surface area contributed by atoms with E-state index in [1.54, 1.807) is 23.1 Å². The van der Waals surface area contributed by atoms with Crippen LogP contribution >= 0.6 is 0 Å². The number of amides is 4. The van der Waals surface area contributed by atoms with Crippen molar-refractivity contribution in [1.29, 1.82) is 0 Å². The molecule has 66 heavy (non-hydrogen) atoms. The smallest absolute Gasteiger partial charge is 0.324 e. The first kappa shape index (κ1) is 42.6. The summed E-state index contributed by atoms with van der Waals surface area (Å²) in [5, 5.41) is 15.4. The monoisotopic (exact) mass is 888 g/mol. The molecule has 4 amide bonds. The summed E-state index contributed by atoms with van der Waals surface area (Å²) in [6, 6.07) is 34.1. The number of nitrogens with one attached hydrogen (secondary N) is 2. The molecule has 0 bridgehead atoms. The van der Waals surface area contributed by atoms with Crippen LogP contribution in [0.2, 0.25) is 0 Å². The number of morpholine rings is 1. The molecule has 5 aromatic carbocycles. The number of aliphatic hydroxyl groups is 1. The average molecular weight is 889 g/mol. The van der Waals surface area contributed by atoms with Crippen LogP contribution in [-0.4, -0.2) is 102 Å². The maximum Gasteiger partial charge on any atom is 0.324 e. The van der Waals surface area contributed by atoms with E-state index in [1.807, 2.05) is 108 Å². The van der Waals surface area contributed by atoms with E-state index in [1.165, 1.54) is 0 Å². The summed E-state index contributed by atoms with van der Waals surface area (Å²) in [6.45, 7) is 2.36. The summed E-state index contributed by atoms with van der Waals surface area (Å²) < 4.78 is 23.7. The summed E-state index contributed by atoms with van der Waals surface area (Å²) in [5.74, 6) is 5.16. The van der Waals surface area contributed by atoms with Crippen molar-refractivity contribution in [3.8, 4) is 29.1 Å². The third-order valence-electron chi connectivity index (χ3n) is 13.2. The number of carbonyl (C=O) groups excluding carboxylic acids is 4. The van der Waals surface area contributed by atoms with Gasteiger partial charge in [-0.25, -0.2) is 4.79 Å². The van der Waals surface area contributed by atoms with Crippen LogP contribution in [0.4, 0.5) is 10.5 Å². The number of fused-ring (bicyclic) bond motifs is 4. The number of primary amides is 1. The lowest BCUT2D eigenvalue weighted by Gasteiger charge is -2.46. The van der Waals surface area contributed by atoms with Gasteiger partial charge in [-0.1, -0.05) is 90.7 Å². The van der Waals surface area contributed by atoms with Crippen LogP contribution < -0.4 is 30.6 Å². The molecule has 5 aromatic rings. The first-order valence-corrected chi connectivity index (χ1v) is 22.0. The van der Waals surface area contributed by atoms with Gasteiger partial charge in [0.15, 0.2) is 11.5 Å². The molecule has 15 heteroatoms. The molecule has 5 N–H and O–H groups in total. The Morgan fingerprint density at radius 2 is 1.58 bits per heavy atom. The van der Waals surface area contributed by atoms with Gasteiger partial charge in [0.1, 0.15) is 29.9 Å². The fraction of sp³-hybridized carbons (Fsp3) is 0.294. The molecule has 0 aromatic heterocycles. The largest absolute Gasteiger partial charge is 0.491 e. The van der Waals surface area contributed by atoms with Crippen LogP contribution in [0.1, 0.15) is 51.6 Å². The molecule has 3 fully saturated rings. The number of urea groups is 1. The Hall–Kier alpha value is -7.38. The van der Waals surface area contributed by atoms with Crippen LogP contribution in [0.3, 0.4) is 0 Å². The molecule has 1 spiro atoms. The number of hydrogen-bond donors (Lipinski definition) is 4. The quantitative estimate of drug-likeness (QED) is 0.115. The Morgan fingerprint density at radius 3 is 2.33 bits per heavy atom. The van der Waals surface area contributed by atoms with E-state index in [-0.39, 0.29) is 32.5 Å². The predicted octanol–water partition coefficient (Wildman–Crippen LogP) is 4.42. The second kappa shape index (κ2) is 17.9. The molecule has 15 nitrogen and oxygen atoms in total. The molecule has 3 saturated heterocycles. The minimum atomic E-state index is -1.74. The van der Waals surface area contributed by atoms with E-state index in [0.29, 0.717) is 72.4 Å². The van der Waals surface area contributed by atoms with Crippen molar-refractivity contribution in [2.45, 2.75) is 36.2 Å². The normalized spacial score (nSPS) is 24.1. The number of esters is 1. The highest BCUT2D eigenvalue weighted by molar-refractivity contribution is 6.12. The minimum absolute atomic E-state index is 0.0128. The molecule has 0 saturated carbocycles. The van der Waals surface area contributed by atoms with Crippen molar-refractivity contribution < 1.29 is 43.2 Å². The fourth-order valence-electron chi connectivity index (χ4n) is 10.5. The number of rotatable bonds is 10. The molecule has 5 aliphatic rings. The standard InChI is InChI=1S/C51H48N6O9/c52-50(62)53-20-8-9-32-16-18-39-38(27-32)51(49(61)54-39)42(47(59)56-23-21-55(22-24-56)30-33-17-19-40-41(28-33)65-31-64-40)44-48(60)66-45(35-12-5-2-6-13-35)43(34-10-3-1-4-11-34)57(44)46(51)36-14-7-15-37(29-36)63-26-25-58/h1-7,10-19,27-29,42-46,58H,20-26,30-31H2,(H,54,61)(H3,52,53,62)/t42-,43-,44-,45+,46+,51-/m1/s1. The summed E-state index contributed by atoms with van der Waals surface area (Å²) in [7, 11) is 0. The van der Waals surface area contributed by atoms with Gasteiger partial charge in [0.05, 0.1) is 31.2 Å². The van der Waals surface area contributed by atoms with Crippen LogP contribution in [0, 0.1) is 17.8 Å². The number of cyclic esters (lactones) is 1. The Bertz CT molecular complexity index is 2740. The number of nitrogens with zero attached hydrogens (tertiary/aromatic N) is 3. The van der Waals surface area contributed by atoms with E-state index in [4.69, 9.17) is 24.7 Å². The van der Waals surface area contributed by atoms with Gasteiger partial charge in [0.25, 0.3) is 0 Å². The number of carbonyl (C=O) groups is 4. The van der Waals surface area contributed by atoms with E-state index >= 15 is 14.4 Å². The molecule has 0 aliphatic carbocycles. The second-order valence-electron chi connectivity index (χ2n) is 16.9. The third-order valence-corrected chi connectivity index (χ3v) is 13.2. The number of anilines is 1. The van der Waals surface area contributed by atoms with Crippen LogP contribution in [0.25, 0.3) is 0 Å². The van der Waals surface area contributed by atoms with Gasteiger partial charge in [0, 0.05) is 44.0 Å². The minimum Gasteiger partial charge on any atom is -0.491 e. The van der Waals surface area contributed by atoms with Crippen molar-refractivity contribution in [3.63, 3.8) is 0 Å². The van der Waals surface area contributed by atoms with Crippen molar-refractivity contribution in [3.05, 3.63) is 155 Å². The van der Waals surface area contributed by atoms with E-state index in [2.05, 4.69) is 27.4 Å². The zero-order chi connectivity index (χ0) is 45.4. The number of nitrogens with two attached hydrogens (primary N) is 1. The summed E-state index contributed by atoms with van der Waals surface area (Å²) in [6.07, 6.45) is -0.835. The summed E-state index contributed by atoms with van der Waals surface area (Å²) >= 11 is 0. The van der Waals surface area contributed by atoms with Gasteiger partial charge >= 0.3 is 12.0 Å². The molecule has 6 atom stereocenters. The highest BCUT2D eigenvalue weighted by Crippen LogP contribution is 2.65. The van der Waals surface area contributed by atoms with E-state index in [0.717, 1.165) is 16.7 Å². The highest BCUT2D eigenvalue weighted by atomic mass is 16.7. The van der Waals surface area contributed by atoms with Gasteiger partial charge in [0.2, 0.25) is 18.6 Å². The van der Waals surface area contributed by atoms with Gasteiger partial charge < -0.3 is 45.3 Å². The zero-order valence-corrected chi connectivity index (χ0v) is 35.9. The zero-order valence-electron chi connectivity index (χ0n) is 35.9. The van der Waals surface area contributed by atoms with Gasteiger partial charge in [-0.2, -0.15) is 0 Å². The maximum absolute atomic E-state index is 16.0. The van der Waals surface area contributed by atoms with Crippen LogP contribution in [0.15, 0.2) is 121 Å². The molecule has 5 aliphatic heterocycles. The van der Waals surface area contributed by atoms with Crippen LogP contribution in [-0.2, 0) is 31.1 Å². The lowest BCUT2D eigenvalue weighted by molar-refractivity contribution is -0.179. The SMILES string of the molecule is NC(=O)NCC#Cc1ccc2c(c1)[C@]1(C(=O)N2)[C@H](c2cccc(OCCO)c2)N2[C@H](c3ccccc3)[C@H](c3ccccc3)OC(=O)[C@H]2[C@@H]1C(=O)N1CCN(Cc2ccc3c(c2)OCO3)CC1. The van der Waals surface area contributed by atoms with E-state index in [9.17, 15) is 9.90 Å². The number of hydrogen-bond acceptors (Lipinski definition) is 11. The predicted molar refractivity (Wildman–Crippen MR) is 241 cm³/mol. The molecule has 336 valence electrons. The Balaban J connectivity index is 1.14. The van der Waals surface area contributed by atoms with Crippen molar-refractivity contribution >= 4 is 29.5 Å². The molecule has 0 unspecified atom stereocenters. The lowest BCUT2D eigenvalue weighted by Crippen LogP contribution is -2.58. The van der Waals surface area contributed by atoms with Gasteiger partial charge in [-0.15, -0.1) is 0 Å². The first-order valence-electron chi connectivity index (χ1n) is 22.0. The number of aliphatic hydroxyl groups excluding tert-OH is 1. The maximum atomic E-state index is 16.0. The Labute approximate surface area is 381 Å². The highest BCUT2D eigenvalue weighted by Gasteiger charge is 2.74. The number of ether oxygens (including phenoxy) is 4. The fourth-order valence-corrected chi connectivity index (χ4v) is 10.5. The molecular weight excluding hydrogens is 841 g/mol. The average Bonchev–Trinajstić information content (AvgIpc) is 4.02. The lowest BCUT2D eigenvalue weighted by atomic mass is 9.65. The van der Waals surface area contributed by atoms with Crippen molar-refractivity contribution in [2.24, 2.45) is 11.7 Å². The van der Waals surface area contributed by atoms with Crippen molar-refractivity contribution in [2.75, 3.05) is 58.0 Å². The first-order chi connectivity index (χ1) is 32.2. The summed E-state index contributed by atoms with van der Waals surface area (Å²) in [5.41, 5.74) is 8.30. The van der Waals surface area contributed by atoms with Crippen molar-refractivity contribution in [1.82, 2.24) is 20.0 Å². The molecular formula is C51H48N6O9. The summed E-state index contributed by atoms with van der Waals surface area (Å²) in [4.78, 5) is 64.5. The number of piperazine rings is 1. The van der Waals surface area contributed by atoms with E-state index < -0.39 is 53.5 Å². The molecule has 5 heterocycles. The molecule has 10 rings (SSSR count). The Kier molecular flexibility index (Phi) is 11.5. The molecule has 0 radical (unpaired) electrons. The van der Waals surface area contributed by atoms with Crippen LogP contribution in [0.5, 0.6) is 17.2 Å². The number of benzene rings is 5.